The molecule has 0 fully saturated rings. The summed E-state index contributed by atoms with van der Waals surface area (Å²) in [6.45, 7) is 4.46. The first-order valence-corrected chi connectivity index (χ1v) is 6.83. The molecule has 0 aromatic rings. The molecule has 0 amide bonds. The average molecular weight is 218 g/mol. The highest BCUT2D eigenvalue weighted by Crippen LogP contribution is 2.00. The fraction of sp³-hybridized carbons (Fsp3) is 0.750. The van der Waals surface area contributed by atoms with E-state index in [2.05, 4.69) is 37.5 Å². The summed E-state index contributed by atoms with van der Waals surface area (Å²) in [6, 6.07) is 0. The van der Waals surface area contributed by atoms with Crippen LogP contribution >= 0.6 is 0 Å². The molecule has 0 unspecified atom stereocenters. The van der Waals surface area contributed by atoms with E-state index in [0.717, 1.165) is 19.3 Å². The standard InChI is InChI=1S/C16H26/c1-3-5-7-9-11-13-15-16-14-12-10-8-6-4-2/h3-11,16H2,1-2H3. The second-order valence-electron chi connectivity index (χ2n) is 4.15. The predicted molar refractivity (Wildman–Crippen MR) is 73.1 cm³/mol. The molecule has 0 nitrogen and oxygen atoms in total. The van der Waals surface area contributed by atoms with Gasteiger partial charge in [0, 0.05) is 12.8 Å². The summed E-state index contributed by atoms with van der Waals surface area (Å²) < 4.78 is 0. The van der Waals surface area contributed by atoms with Crippen LogP contribution in [0.1, 0.15) is 78.1 Å². The molecule has 0 spiro atoms. The second kappa shape index (κ2) is 14.1. The lowest BCUT2D eigenvalue weighted by molar-refractivity contribution is 0.679. The first-order chi connectivity index (χ1) is 7.91. The molecule has 0 bridgehead atoms. The van der Waals surface area contributed by atoms with Gasteiger partial charge in [-0.3, -0.25) is 0 Å². The van der Waals surface area contributed by atoms with Gasteiger partial charge < -0.3 is 0 Å². The highest BCUT2D eigenvalue weighted by atomic mass is 13.9. The number of rotatable bonds is 7. The van der Waals surface area contributed by atoms with E-state index in [1.54, 1.807) is 0 Å². The van der Waals surface area contributed by atoms with Crippen LogP contribution in [0.15, 0.2) is 0 Å². The molecule has 0 heteroatoms. The molecule has 0 atom stereocenters. The van der Waals surface area contributed by atoms with Crippen LogP contribution in [0, 0.1) is 23.7 Å². The third kappa shape index (κ3) is 13.1. The molecular formula is C16H26. The maximum absolute atomic E-state index is 3.19. The van der Waals surface area contributed by atoms with Gasteiger partial charge in [-0.2, -0.15) is 0 Å². The normalized spacial score (nSPS) is 8.88. The molecule has 0 radical (unpaired) electrons. The fourth-order valence-electron chi connectivity index (χ4n) is 1.45. The molecule has 16 heavy (non-hydrogen) atoms. The van der Waals surface area contributed by atoms with E-state index in [1.807, 2.05) is 0 Å². The molecule has 90 valence electrons. The Morgan fingerprint density at radius 1 is 0.562 bits per heavy atom. The SMILES string of the molecule is CCCCCC#CCC#CCCCCCC. The molecule has 0 aromatic heterocycles. The zero-order chi connectivity index (χ0) is 11.9. The van der Waals surface area contributed by atoms with Gasteiger partial charge >= 0.3 is 0 Å². The summed E-state index contributed by atoms with van der Waals surface area (Å²) >= 11 is 0. The molecule has 0 saturated carbocycles. The van der Waals surface area contributed by atoms with Gasteiger partial charge in [0.15, 0.2) is 0 Å². The minimum absolute atomic E-state index is 0.764. The minimum atomic E-state index is 0.764. The van der Waals surface area contributed by atoms with Crippen LogP contribution < -0.4 is 0 Å². The molecular weight excluding hydrogens is 192 g/mol. The average Bonchev–Trinajstić information content (AvgIpc) is 2.31. The van der Waals surface area contributed by atoms with Crippen molar-refractivity contribution in [1.29, 1.82) is 0 Å². The number of hydrogen-bond donors (Lipinski definition) is 0. The topological polar surface area (TPSA) is 0 Å². The lowest BCUT2D eigenvalue weighted by Gasteiger charge is -1.91. The van der Waals surface area contributed by atoms with Gasteiger partial charge in [0.2, 0.25) is 0 Å². The van der Waals surface area contributed by atoms with Crippen molar-refractivity contribution in [3.63, 3.8) is 0 Å². The summed E-state index contributed by atoms with van der Waals surface area (Å²) in [6.07, 6.45) is 11.9. The van der Waals surface area contributed by atoms with Gasteiger partial charge in [-0.05, 0) is 12.8 Å². The van der Waals surface area contributed by atoms with E-state index < -0.39 is 0 Å². The van der Waals surface area contributed by atoms with Gasteiger partial charge in [0.25, 0.3) is 0 Å². The van der Waals surface area contributed by atoms with Crippen molar-refractivity contribution in [2.75, 3.05) is 0 Å². The summed E-state index contributed by atoms with van der Waals surface area (Å²) in [5, 5.41) is 0. The van der Waals surface area contributed by atoms with Crippen LogP contribution in [-0.2, 0) is 0 Å². The van der Waals surface area contributed by atoms with Crippen LogP contribution in [0.4, 0.5) is 0 Å². The summed E-state index contributed by atoms with van der Waals surface area (Å²) in [5.74, 6) is 12.6. The molecule has 0 saturated heterocycles. The Hall–Kier alpha value is -0.880. The van der Waals surface area contributed by atoms with Crippen molar-refractivity contribution in [3.05, 3.63) is 0 Å². The molecule has 0 aromatic carbocycles. The van der Waals surface area contributed by atoms with Crippen molar-refractivity contribution in [1.82, 2.24) is 0 Å². The van der Waals surface area contributed by atoms with Crippen LogP contribution in [0.2, 0.25) is 0 Å². The van der Waals surface area contributed by atoms with Gasteiger partial charge in [0.1, 0.15) is 0 Å². The zero-order valence-electron chi connectivity index (χ0n) is 11.1. The molecule has 0 heterocycles. The first-order valence-electron chi connectivity index (χ1n) is 6.83. The quantitative estimate of drug-likeness (QED) is 0.419. The Balaban J connectivity index is 3.25. The lowest BCUT2D eigenvalue weighted by atomic mass is 10.1. The van der Waals surface area contributed by atoms with Crippen molar-refractivity contribution in [2.24, 2.45) is 0 Å². The van der Waals surface area contributed by atoms with Gasteiger partial charge in [-0.25, -0.2) is 0 Å². The van der Waals surface area contributed by atoms with Gasteiger partial charge in [-0.1, -0.05) is 57.8 Å². The van der Waals surface area contributed by atoms with E-state index in [9.17, 15) is 0 Å². The zero-order valence-corrected chi connectivity index (χ0v) is 11.1. The molecule has 0 aliphatic heterocycles. The largest absolute Gasteiger partial charge is 0.102 e. The fourth-order valence-corrected chi connectivity index (χ4v) is 1.45. The van der Waals surface area contributed by atoms with Crippen molar-refractivity contribution >= 4 is 0 Å². The third-order valence-corrected chi connectivity index (χ3v) is 2.49. The lowest BCUT2D eigenvalue weighted by Crippen LogP contribution is -1.74. The Labute approximate surface area is 102 Å². The Bertz CT molecular complexity index is 241. The van der Waals surface area contributed by atoms with E-state index in [1.165, 1.54) is 44.9 Å². The summed E-state index contributed by atoms with van der Waals surface area (Å²) in [5.41, 5.74) is 0. The Morgan fingerprint density at radius 3 is 1.62 bits per heavy atom. The van der Waals surface area contributed by atoms with Crippen LogP contribution in [0.25, 0.3) is 0 Å². The Morgan fingerprint density at radius 2 is 1.06 bits per heavy atom. The molecule has 0 aliphatic rings. The first kappa shape index (κ1) is 15.1. The van der Waals surface area contributed by atoms with Crippen LogP contribution in [0.5, 0.6) is 0 Å². The highest BCUT2D eigenvalue weighted by molar-refractivity contribution is 5.11. The molecule has 0 rings (SSSR count). The third-order valence-electron chi connectivity index (χ3n) is 2.49. The summed E-state index contributed by atoms with van der Waals surface area (Å²) in [7, 11) is 0. The summed E-state index contributed by atoms with van der Waals surface area (Å²) in [4.78, 5) is 0. The number of hydrogen-bond acceptors (Lipinski definition) is 0. The monoisotopic (exact) mass is 218 g/mol. The van der Waals surface area contributed by atoms with Gasteiger partial charge in [-0.15, -0.1) is 11.8 Å². The smallest absolute Gasteiger partial charge is 0.0702 e. The van der Waals surface area contributed by atoms with Crippen LogP contribution in [0.3, 0.4) is 0 Å². The van der Waals surface area contributed by atoms with E-state index in [4.69, 9.17) is 0 Å². The van der Waals surface area contributed by atoms with E-state index >= 15 is 0 Å². The maximum Gasteiger partial charge on any atom is 0.0702 e. The van der Waals surface area contributed by atoms with Gasteiger partial charge in [0.05, 0.1) is 6.42 Å². The highest BCUT2D eigenvalue weighted by Gasteiger charge is 1.83. The van der Waals surface area contributed by atoms with Crippen molar-refractivity contribution in [3.8, 4) is 23.7 Å². The maximum atomic E-state index is 3.19. The van der Waals surface area contributed by atoms with Crippen molar-refractivity contribution < 1.29 is 0 Å². The second-order valence-corrected chi connectivity index (χ2v) is 4.15. The predicted octanol–water partition coefficient (Wildman–Crippen LogP) is 4.93. The molecule has 0 N–H and O–H groups in total. The van der Waals surface area contributed by atoms with E-state index in [-0.39, 0.29) is 0 Å². The Kier molecular flexibility index (Phi) is 13.3. The van der Waals surface area contributed by atoms with Crippen LogP contribution in [-0.4, -0.2) is 0 Å². The molecule has 0 aliphatic carbocycles. The minimum Gasteiger partial charge on any atom is -0.102 e. The number of unbranched alkanes of at least 4 members (excludes halogenated alkanes) is 7. The van der Waals surface area contributed by atoms with Crippen molar-refractivity contribution in [2.45, 2.75) is 78.1 Å². The van der Waals surface area contributed by atoms with E-state index in [0.29, 0.717) is 0 Å².